The van der Waals surface area contributed by atoms with Crippen LogP contribution in [0.15, 0.2) is 66.7 Å². The first-order valence-electron chi connectivity index (χ1n) is 17.1. The second-order valence-electron chi connectivity index (χ2n) is 14.0. The van der Waals surface area contributed by atoms with Gasteiger partial charge in [-0.15, -0.1) is 0 Å². The van der Waals surface area contributed by atoms with Crippen LogP contribution in [0.5, 0.6) is 11.5 Å². The molecular weight excluding hydrogens is 592 g/mol. The van der Waals surface area contributed by atoms with Crippen molar-refractivity contribution in [3.63, 3.8) is 0 Å². The van der Waals surface area contributed by atoms with Crippen LogP contribution in [0.2, 0.25) is 0 Å². The van der Waals surface area contributed by atoms with Crippen molar-refractivity contribution in [1.29, 1.82) is 0 Å². The van der Waals surface area contributed by atoms with Crippen LogP contribution in [0, 0.1) is 24.2 Å². The van der Waals surface area contributed by atoms with Gasteiger partial charge in [0.25, 0.3) is 0 Å². The third kappa shape index (κ3) is 7.85. The number of aliphatic hydroxyl groups is 1. The van der Waals surface area contributed by atoms with Gasteiger partial charge in [-0.25, -0.2) is 4.79 Å². The minimum Gasteiger partial charge on any atom is -0.488 e. The van der Waals surface area contributed by atoms with Crippen molar-refractivity contribution >= 4 is 5.97 Å². The van der Waals surface area contributed by atoms with Crippen LogP contribution in [0.1, 0.15) is 86.5 Å². The van der Waals surface area contributed by atoms with E-state index in [0.29, 0.717) is 49.0 Å². The first-order chi connectivity index (χ1) is 22.5. The Bertz CT molecular complexity index is 1470. The average molecular weight is 645 g/mol. The Morgan fingerprint density at radius 1 is 0.957 bits per heavy atom. The van der Waals surface area contributed by atoms with E-state index >= 15 is 0 Å². The fraction of sp³-hybridized carbons (Fsp3) is 0.525. The van der Waals surface area contributed by atoms with Gasteiger partial charge in [0.2, 0.25) is 0 Å². The average Bonchev–Trinajstić information content (AvgIpc) is 3.07. The molecule has 3 aromatic carbocycles. The SMILES string of the molecule is CCC(OC)C1CC(C)C(C)(C)C(CC(O)C(C)C2Cc3c(C)c(OCc4ccccc4)cc(OCc4ccccc4)c3C(=O)O2)O1. The van der Waals surface area contributed by atoms with Gasteiger partial charge in [-0.3, -0.25) is 0 Å². The molecular formula is C40H52O7. The molecule has 2 aliphatic heterocycles. The van der Waals surface area contributed by atoms with Crippen molar-refractivity contribution in [2.24, 2.45) is 17.3 Å². The molecule has 47 heavy (non-hydrogen) atoms. The largest absolute Gasteiger partial charge is 0.488 e. The third-order valence-corrected chi connectivity index (χ3v) is 10.8. The second-order valence-corrected chi connectivity index (χ2v) is 14.0. The maximum Gasteiger partial charge on any atom is 0.342 e. The smallest absolute Gasteiger partial charge is 0.342 e. The molecule has 0 spiro atoms. The van der Waals surface area contributed by atoms with Gasteiger partial charge in [0, 0.05) is 31.9 Å². The normalized spacial score (nSPS) is 24.0. The number of methoxy groups -OCH3 is 1. The zero-order chi connectivity index (χ0) is 33.7. The summed E-state index contributed by atoms with van der Waals surface area (Å²) in [4.78, 5) is 13.8. The van der Waals surface area contributed by atoms with Gasteiger partial charge in [0.15, 0.2) is 0 Å². The minimum atomic E-state index is -0.737. The van der Waals surface area contributed by atoms with Crippen LogP contribution in [0.3, 0.4) is 0 Å². The van der Waals surface area contributed by atoms with E-state index in [9.17, 15) is 9.90 Å². The molecule has 0 aliphatic carbocycles. The number of carbonyl (C=O) groups excluding carboxylic acids is 1. The van der Waals surface area contributed by atoms with Crippen LogP contribution >= 0.6 is 0 Å². The Morgan fingerprint density at radius 3 is 2.13 bits per heavy atom. The summed E-state index contributed by atoms with van der Waals surface area (Å²) < 4.78 is 31.1. The monoisotopic (exact) mass is 644 g/mol. The number of hydrogen-bond donors (Lipinski definition) is 1. The second kappa shape index (κ2) is 15.2. The number of fused-ring (bicyclic) bond motifs is 1. The number of cyclic esters (lactones) is 1. The quantitative estimate of drug-likeness (QED) is 0.190. The number of ether oxygens (including phenoxy) is 5. The van der Waals surface area contributed by atoms with Gasteiger partial charge >= 0.3 is 5.97 Å². The topological polar surface area (TPSA) is 83.5 Å². The van der Waals surface area contributed by atoms with Crippen LogP contribution in [0.4, 0.5) is 0 Å². The Labute approximate surface area is 280 Å². The molecule has 254 valence electrons. The van der Waals surface area contributed by atoms with Crippen LogP contribution < -0.4 is 9.47 Å². The molecule has 7 atom stereocenters. The summed E-state index contributed by atoms with van der Waals surface area (Å²) >= 11 is 0. The molecule has 2 aliphatic rings. The molecule has 7 nitrogen and oxygen atoms in total. The molecule has 0 amide bonds. The Balaban J connectivity index is 1.38. The highest BCUT2D eigenvalue weighted by Gasteiger charge is 2.46. The molecule has 7 heteroatoms. The van der Waals surface area contributed by atoms with Crippen molar-refractivity contribution < 1.29 is 33.6 Å². The molecule has 1 fully saturated rings. The lowest BCUT2D eigenvalue weighted by Crippen LogP contribution is -2.52. The molecule has 0 aromatic heterocycles. The highest BCUT2D eigenvalue weighted by Crippen LogP contribution is 2.45. The number of hydrogen-bond acceptors (Lipinski definition) is 7. The Hall–Kier alpha value is -3.39. The van der Waals surface area contributed by atoms with Crippen LogP contribution in [-0.4, -0.2) is 48.7 Å². The molecule has 7 unspecified atom stereocenters. The number of rotatable bonds is 13. The van der Waals surface area contributed by atoms with E-state index in [2.05, 4.69) is 27.7 Å². The summed E-state index contributed by atoms with van der Waals surface area (Å²) in [5.74, 6) is 0.732. The van der Waals surface area contributed by atoms with E-state index in [4.69, 9.17) is 23.7 Å². The predicted octanol–water partition coefficient (Wildman–Crippen LogP) is 7.87. The predicted molar refractivity (Wildman–Crippen MR) is 183 cm³/mol. The summed E-state index contributed by atoms with van der Waals surface area (Å²) in [6.45, 7) is 13.5. The lowest BCUT2D eigenvalue weighted by atomic mass is 9.68. The molecule has 0 bridgehead atoms. The zero-order valence-electron chi connectivity index (χ0n) is 29.0. The molecule has 2 heterocycles. The standard InChI is InChI=1S/C40H52O7/c1-8-32(43-7)35-19-25(2)40(5,6)37(46-35)21-31(41)27(4)34-20-30-26(3)33(44-23-28-15-11-9-12-16-28)22-36(38(30)39(42)47-34)45-24-29-17-13-10-14-18-29/h9-18,22,25,27,31-32,34-35,37,41H,8,19-21,23-24H2,1-7H3. The number of esters is 1. The Morgan fingerprint density at radius 2 is 1.55 bits per heavy atom. The van der Waals surface area contributed by atoms with Gasteiger partial charge < -0.3 is 28.8 Å². The summed E-state index contributed by atoms with van der Waals surface area (Å²) in [7, 11) is 1.74. The summed E-state index contributed by atoms with van der Waals surface area (Å²) in [6.07, 6.45) is 1.25. The summed E-state index contributed by atoms with van der Waals surface area (Å²) in [6, 6.07) is 21.7. The summed E-state index contributed by atoms with van der Waals surface area (Å²) in [5, 5.41) is 11.7. The Kier molecular flexibility index (Phi) is 11.3. The molecule has 0 saturated carbocycles. The molecule has 1 saturated heterocycles. The van der Waals surface area contributed by atoms with E-state index in [1.54, 1.807) is 7.11 Å². The number of benzene rings is 3. The molecule has 5 rings (SSSR count). The van der Waals surface area contributed by atoms with Crippen LogP contribution in [-0.2, 0) is 33.8 Å². The van der Waals surface area contributed by atoms with E-state index in [1.807, 2.05) is 80.6 Å². The third-order valence-electron chi connectivity index (χ3n) is 10.8. The fourth-order valence-corrected chi connectivity index (χ4v) is 7.00. The van der Waals surface area contributed by atoms with Gasteiger partial charge in [0.1, 0.15) is 36.4 Å². The van der Waals surface area contributed by atoms with E-state index in [1.165, 1.54) is 0 Å². The molecule has 3 aromatic rings. The maximum atomic E-state index is 13.8. The fourth-order valence-electron chi connectivity index (χ4n) is 7.00. The van der Waals surface area contributed by atoms with Crippen molar-refractivity contribution in [3.05, 3.63) is 94.5 Å². The first kappa shape index (κ1) is 34.9. The minimum absolute atomic E-state index is 0.0148. The van der Waals surface area contributed by atoms with Crippen LogP contribution in [0.25, 0.3) is 0 Å². The first-order valence-corrected chi connectivity index (χ1v) is 17.1. The molecule has 0 radical (unpaired) electrons. The van der Waals surface area contributed by atoms with Crippen molar-refractivity contribution in [1.82, 2.24) is 0 Å². The van der Waals surface area contributed by atoms with E-state index in [0.717, 1.165) is 35.1 Å². The highest BCUT2D eigenvalue weighted by molar-refractivity contribution is 5.96. The highest BCUT2D eigenvalue weighted by atomic mass is 16.6. The maximum absolute atomic E-state index is 13.8. The van der Waals surface area contributed by atoms with Gasteiger partial charge in [-0.1, -0.05) is 95.3 Å². The van der Waals surface area contributed by atoms with Gasteiger partial charge in [-0.05, 0) is 53.4 Å². The van der Waals surface area contributed by atoms with Gasteiger partial charge in [0.05, 0.1) is 24.4 Å². The van der Waals surface area contributed by atoms with Crippen molar-refractivity contribution in [2.75, 3.05) is 7.11 Å². The van der Waals surface area contributed by atoms with E-state index < -0.39 is 18.2 Å². The number of aliphatic hydroxyl groups excluding tert-OH is 1. The van der Waals surface area contributed by atoms with Gasteiger partial charge in [-0.2, -0.15) is 0 Å². The lowest BCUT2D eigenvalue weighted by molar-refractivity contribution is -0.192. The van der Waals surface area contributed by atoms with Crippen molar-refractivity contribution in [3.8, 4) is 11.5 Å². The van der Waals surface area contributed by atoms with Crippen molar-refractivity contribution in [2.45, 2.75) is 111 Å². The number of carbonyl (C=O) groups is 1. The lowest BCUT2D eigenvalue weighted by Gasteiger charge is -2.49. The zero-order valence-corrected chi connectivity index (χ0v) is 29.0. The molecule has 1 N–H and O–H groups in total. The van der Waals surface area contributed by atoms with E-state index in [-0.39, 0.29) is 29.6 Å². The summed E-state index contributed by atoms with van der Waals surface area (Å²) in [5.41, 5.74) is 4.06.